The number of nitrogens with zero attached hydrogens (tertiary/aromatic N) is 1. The molecule has 0 fully saturated rings. The third-order valence-electron chi connectivity index (χ3n) is 3.17. The second kappa shape index (κ2) is 6.06. The number of hydrogen-bond acceptors (Lipinski definition) is 3. The SMILES string of the molecule is O=C1C(COc2ccccc2)OC=[N+]1[C-]1C=CC(Cl)C=C1. The third-order valence-corrected chi connectivity index (χ3v) is 3.46. The average Bonchev–Trinajstić information content (AvgIpc) is 2.88. The molecule has 1 aromatic rings. The molecule has 0 spiro atoms. The van der Waals surface area contributed by atoms with Crippen LogP contribution >= 0.6 is 11.6 Å². The molecule has 108 valence electrons. The molecule has 5 heteroatoms. The maximum atomic E-state index is 12.3. The number of hydrogen-bond donors (Lipinski definition) is 0. The number of carbonyl (C=O) groups excluding carboxylic acids is 1. The summed E-state index contributed by atoms with van der Waals surface area (Å²) < 4.78 is 12.4. The van der Waals surface area contributed by atoms with Crippen LogP contribution in [0.4, 0.5) is 0 Å². The van der Waals surface area contributed by atoms with Crippen LogP contribution < -0.4 is 4.74 Å². The lowest BCUT2D eigenvalue weighted by Crippen LogP contribution is -2.32. The fourth-order valence-corrected chi connectivity index (χ4v) is 2.19. The lowest BCUT2D eigenvalue weighted by molar-refractivity contribution is -0.412. The number of benzene rings is 1. The predicted molar refractivity (Wildman–Crippen MR) is 79.3 cm³/mol. The summed E-state index contributed by atoms with van der Waals surface area (Å²) in [7, 11) is 0. The standard InChI is InChI=1S/C16H14ClNO3/c17-12-6-8-13(9-7-12)18-11-21-15(16(18)19)10-20-14-4-2-1-3-5-14/h1-9,11-12,15H,10H2. The molecule has 0 bridgehead atoms. The summed E-state index contributed by atoms with van der Waals surface area (Å²) in [5.41, 5.74) is 0. The Labute approximate surface area is 127 Å². The van der Waals surface area contributed by atoms with E-state index in [2.05, 4.69) is 0 Å². The first-order valence-electron chi connectivity index (χ1n) is 6.61. The molecule has 0 radical (unpaired) electrons. The van der Waals surface area contributed by atoms with E-state index in [9.17, 15) is 4.79 Å². The lowest BCUT2D eigenvalue weighted by atomic mass is 10.1. The molecular weight excluding hydrogens is 290 g/mol. The number of halogens is 1. The minimum Gasteiger partial charge on any atom is -0.490 e. The fraction of sp³-hybridized carbons (Fsp3) is 0.188. The Bertz CT molecular complexity index is 595. The minimum atomic E-state index is -0.631. The summed E-state index contributed by atoms with van der Waals surface area (Å²) in [6.45, 7) is 0.175. The van der Waals surface area contributed by atoms with Crippen molar-refractivity contribution in [3.8, 4) is 5.75 Å². The second-order valence-electron chi connectivity index (χ2n) is 4.65. The zero-order valence-electron chi connectivity index (χ0n) is 11.2. The zero-order chi connectivity index (χ0) is 14.7. The molecule has 3 rings (SSSR count). The summed E-state index contributed by atoms with van der Waals surface area (Å²) in [4.78, 5) is 12.3. The van der Waals surface area contributed by atoms with Crippen LogP contribution in [-0.4, -0.2) is 35.0 Å². The van der Waals surface area contributed by atoms with E-state index in [1.54, 1.807) is 12.2 Å². The Hall–Kier alpha value is -2.20. The third kappa shape index (κ3) is 3.11. The number of amides is 1. The molecule has 21 heavy (non-hydrogen) atoms. The molecule has 0 aromatic heterocycles. The summed E-state index contributed by atoms with van der Waals surface area (Å²) in [5, 5.41) is -0.135. The van der Waals surface area contributed by atoms with Crippen molar-refractivity contribution in [2.45, 2.75) is 11.5 Å². The van der Waals surface area contributed by atoms with Crippen molar-refractivity contribution >= 4 is 23.9 Å². The quantitative estimate of drug-likeness (QED) is 0.487. The van der Waals surface area contributed by atoms with Gasteiger partial charge in [-0.2, -0.15) is 4.58 Å². The number of rotatable bonds is 4. The number of carbonyl (C=O) groups is 1. The van der Waals surface area contributed by atoms with Gasteiger partial charge in [0.25, 0.3) is 6.40 Å². The average molecular weight is 304 g/mol. The summed E-state index contributed by atoms with van der Waals surface area (Å²) in [5.74, 6) is 0.561. The van der Waals surface area contributed by atoms with Crippen molar-refractivity contribution in [1.82, 2.24) is 0 Å². The topological polar surface area (TPSA) is 38.5 Å². The summed E-state index contributed by atoms with van der Waals surface area (Å²) >= 11 is 5.92. The first-order valence-corrected chi connectivity index (χ1v) is 7.05. The summed E-state index contributed by atoms with van der Waals surface area (Å²) in [6.07, 6.45) is 8.01. The van der Waals surface area contributed by atoms with E-state index in [1.807, 2.05) is 42.5 Å². The molecule has 4 nitrogen and oxygen atoms in total. The van der Waals surface area contributed by atoms with Gasteiger partial charge in [-0.05, 0) is 12.1 Å². The van der Waals surface area contributed by atoms with E-state index in [1.165, 1.54) is 11.0 Å². The maximum absolute atomic E-state index is 12.3. The largest absolute Gasteiger partial charge is 0.490 e. The van der Waals surface area contributed by atoms with Gasteiger partial charge in [0.15, 0.2) is 0 Å². The highest BCUT2D eigenvalue weighted by Crippen LogP contribution is 2.20. The van der Waals surface area contributed by atoms with Crippen LogP contribution in [0.25, 0.3) is 0 Å². The molecule has 1 aliphatic carbocycles. The van der Waals surface area contributed by atoms with E-state index in [4.69, 9.17) is 21.1 Å². The van der Waals surface area contributed by atoms with E-state index < -0.39 is 6.10 Å². The first kappa shape index (κ1) is 13.8. The zero-order valence-corrected chi connectivity index (χ0v) is 11.9. The highest BCUT2D eigenvalue weighted by atomic mass is 35.5. The van der Waals surface area contributed by atoms with Crippen LogP contribution in [0.1, 0.15) is 0 Å². The van der Waals surface area contributed by atoms with Gasteiger partial charge < -0.3 is 9.47 Å². The molecule has 1 aliphatic heterocycles. The molecule has 1 aromatic carbocycles. The van der Waals surface area contributed by atoms with Crippen molar-refractivity contribution in [2.75, 3.05) is 6.61 Å². The van der Waals surface area contributed by atoms with Gasteiger partial charge in [-0.25, -0.2) is 0 Å². The minimum absolute atomic E-state index is 0.135. The molecule has 1 unspecified atom stereocenters. The maximum Gasteiger partial charge on any atom is 0.373 e. The Morgan fingerprint density at radius 2 is 1.95 bits per heavy atom. The van der Waals surface area contributed by atoms with E-state index in [0.717, 1.165) is 6.04 Å². The number of ether oxygens (including phenoxy) is 2. The van der Waals surface area contributed by atoms with Crippen LogP contribution in [0.15, 0.2) is 54.6 Å². The Morgan fingerprint density at radius 1 is 1.24 bits per heavy atom. The second-order valence-corrected chi connectivity index (χ2v) is 5.15. The van der Waals surface area contributed by atoms with Crippen molar-refractivity contribution in [3.63, 3.8) is 0 Å². The molecule has 0 N–H and O–H groups in total. The monoisotopic (exact) mass is 303 g/mol. The molecule has 0 saturated heterocycles. The van der Waals surface area contributed by atoms with Gasteiger partial charge in [-0.15, -0.1) is 23.8 Å². The molecule has 2 aliphatic rings. The van der Waals surface area contributed by atoms with Gasteiger partial charge in [-0.3, -0.25) is 4.79 Å². The normalized spacial score (nSPS) is 21.4. The van der Waals surface area contributed by atoms with Gasteiger partial charge in [0.05, 0.1) is 0 Å². The number of para-hydroxylation sites is 1. The van der Waals surface area contributed by atoms with Crippen LogP contribution in [0.3, 0.4) is 0 Å². The molecule has 0 saturated carbocycles. The van der Waals surface area contributed by atoms with E-state index in [-0.39, 0.29) is 17.9 Å². The van der Waals surface area contributed by atoms with Gasteiger partial charge in [0, 0.05) is 5.38 Å². The number of allylic oxidation sites excluding steroid dienone is 2. The molecule has 1 heterocycles. The van der Waals surface area contributed by atoms with Crippen molar-refractivity contribution in [3.05, 3.63) is 60.7 Å². The van der Waals surface area contributed by atoms with Crippen LogP contribution in [0, 0.1) is 6.04 Å². The highest BCUT2D eigenvalue weighted by Gasteiger charge is 2.36. The van der Waals surface area contributed by atoms with Crippen molar-refractivity contribution in [1.29, 1.82) is 0 Å². The van der Waals surface area contributed by atoms with Crippen LogP contribution in [0.5, 0.6) is 5.75 Å². The van der Waals surface area contributed by atoms with Gasteiger partial charge in [0.1, 0.15) is 18.4 Å². The molecule has 1 amide bonds. The highest BCUT2D eigenvalue weighted by molar-refractivity contribution is 6.23. The smallest absolute Gasteiger partial charge is 0.373 e. The van der Waals surface area contributed by atoms with E-state index >= 15 is 0 Å². The molecule has 1 atom stereocenters. The molecular formula is C16H14ClNO3. The van der Waals surface area contributed by atoms with E-state index in [0.29, 0.717) is 5.75 Å². The first-order chi connectivity index (χ1) is 10.2. The van der Waals surface area contributed by atoms with Crippen molar-refractivity contribution in [2.24, 2.45) is 0 Å². The predicted octanol–water partition coefficient (Wildman–Crippen LogP) is 2.30. The van der Waals surface area contributed by atoms with Crippen LogP contribution in [0.2, 0.25) is 0 Å². The fourth-order valence-electron chi connectivity index (χ4n) is 2.05. The summed E-state index contributed by atoms with van der Waals surface area (Å²) in [6, 6.07) is 10.1. The Morgan fingerprint density at radius 3 is 2.67 bits per heavy atom. The lowest BCUT2D eigenvalue weighted by Gasteiger charge is -2.14. The van der Waals surface area contributed by atoms with Gasteiger partial charge in [0.2, 0.25) is 6.10 Å². The van der Waals surface area contributed by atoms with Gasteiger partial charge >= 0.3 is 5.91 Å². The number of alkyl halides is 1. The van der Waals surface area contributed by atoms with Gasteiger partial charge in [-0.1, -0.05) is 30.4 Å². The Kier molecular flexibility index (Phi) is 3.97. The van der Waals surface area contributed by atoms with Crippen LogP contribution in [-0.2, 0) is 9.53 Å². The van der Waals surface area contributed by atoms with Crippen molar-refractivity contribution < 1.29 is 18.8 Å². The Balaban J connectivity index is 1.58.